The van der Waals surface area contributed by atoms with Gasteiger partial charge in [0.05, 0.1) is 11.4 Å². The van der Waals surface area contributed by atoms with Gasteiger partial charge in [0.15, 0.2) is 5.82 Å². The summed E-state index contributed by atoms with van der Waals surface area (Å²) in [6.45, 7) is 0. The van der Waals surface area contributed by atoms with Crippen molar-refractivity contribution in [2.75, 3.05) is 0 Å². The van der Waals surface area contributed by atoms with Crippen LogP contribution < -0.4 is 0 Å². The Hall–Kier alpha value is -5.80. The SMILES string of the molecule is c1ccc(-c2cc(-c3cccc(-c4ccc5oc6ccccc6c5c4)c3-c3ccccc3)nc(-c3ccccc3)n2)cc1. The summed E-state index contributed by atoms with van der Waals surface area (Å²) in [6.07, 6.45) is 0. The van der Waals surface area contributed by atoms with Crippen molar-refractivity contribution in [1.29, 1.82) is 0 Å². The Labute approximate surface area is 249 Å². The molecule has 3 heteroatoms. The van der Waals surface area contributed by atoms with Crippen LogP contribution >= 0.6 is 0 Å². The van der Waals surface area contributed by atoms with Gasteiger partial charge in [0.25, 0.3) is 0 Å². The summed E-state index contributed by atoms with van der Waals surface area (Å²) in [5.74, 6) is 0.702. The molecule has 8 rings (SSSR count). The zero-order valence-electron chi connectivity index (χ0n) is 23.3. The van der Waals surface area contributed by atoms with Crippen LogP contribution in [-0.4, -0.2) is 9.97 Å². The van der Waals surface area contributed by atoms with Crippen LogP contribution in [0.4, 0.5) is 0 Å². The summed E-state index contributed by atoms with van der Waals surface area (Å²) >= 11 is 0. The first-order chi connectivity index (χ1) is 21.3. The maximum atomic E-state index is 6.14. The van der Waals surface area contributed by atoms with Gasteiger partial charge in [-0.15, -0.1) is 0 Å². The molecule has 0 radical (unpaired) electrons. The van der Waals surface area contributed by atoms with Gasteiger partial charge in [-0.3, -0.25) is 0 Å². The van der Waals surface area contributed by atoms with E-state index in [1.54, 1.807) is 0 Å². The smallest absolute Gasteiger partial charge is 0.160 e. The predicted molar refractivity (Wildman–Crippen MR) is 176 cm³/mol. The fourth-order valence-corrected chi connectivity index (χ4v) is 5.87. The van der Waals surface area contributed by atoms with Crippen molar-refractivity contribution in [1.82, 2.24) is 9.97 Å². The fourth-order valence-electron chi connectivity index (χ4n) is 5.87. The normalized spacial score (nSPS) is 11.3. The monoisotopic (exact) mass is 550 g/mol. The Morgan fingerprint density at radius 1 is 0.372 bits per heavy atom. The average molecular weight is 551 g/mol. The summed E-state index contributed by atoms with van der Waals surface area (Å²) in [5.41, 5.74) is 11.2. The molecule has 0 atom stereocenters. The molecule has 6 aromatic carbocycles. The number of hydrogen-bond donors (Lipinski definition) is 0. The fraction of sp³-hybridized carbons (Fsp3) is 0. The topological polar surface area (TPSA) is 38.9 Å². The third-order valence-corrected chi connectivity index (χ3v) is 7.92. The maximum Gasteiger partial charge on any atom is 0.160 e. The van der Waals surface area contributed by atoms with Gasteiger partial charge >= 0.3 is 0 Å². The molecule has 0 aliphatic heterocycles. The molecule has 8 aromatic rings. The summed E-state index contributed by atoms with van der Waals surface area (Å²) in [7, 11) is 0. The van der Waals surface area contributed by atoms with E-state index in [4.69, 9.17) is 14.4 Å². The standard InChI is InChI=1S/C40H26N2O/c1-4-13-27(14-5-1)35-26-36(42-40(41-35)29-17-8-3-9-18-29)33-21-12-20-31(39(33)28-15-6-2-7-16-28)30-23-24-38-34(25-30)32-19-10-11-22-37(32)43-38/h1-26H. The second-order valence-electron chi connectivity index (χ2n) is 10.6. The van der Waals surface area contributed by atoms with Gasteiger partial charge in [-0.25, -0.2) is 9.97 Å². The van der Waals surface area contributed by atoms with E-state index >= 15 is 0 Å². The molecule has 0 N–H and O–H groups in total. The minimum atomic E-state index is 0.702. The van der Waals surface area contributed by atoms with Gasteiger partial charge in [0, 0.05) is 27.5 Å². The highest BCUT2D eigenvalue weighted by Crippen LogP contribution is 2.42. The van der Waals surface area contributed by atoms with Gasteiger partial charge in [0.2, 0.25) is 0 Å². The first-order valence-electron chi connectivity index (χ1n) is 14.4. The van der Waals surface area contributed by atoms with Crippen LogP contribution in [0.3, 0.4) is 0 Å². The lowest BCUT2D eigenvalue weighted by Gasteiger charge is -2.17. The van der Waals surface area contributed by atoms with E-state index in [0.29, 0.717) is 5.82 Å². The number of furan rings is 1. The number of fused-ring (bicyclic) bond motifs is 3. The van der Waals surface area contributed by atoms with Gasteiger partial charge in [-0.1, -0.05) is 133 Å². The predicted octanol–water partition coefficient (Wildman–Crippen LogP) is 10.7. The number of hydrogen-bond acceptors (Lipinski definition) is 3. The summed E-state index contributed by atoms with van der Waals surface area (Å²) in [6, 6.07) is 54.4. The maximum absolute atomic E-state index is 6.14. The molecule has 43 heavy (non-hydrogen) atoms. The summed E-state index contributed by atoms with van der Waals surface area (Å²) in [5, 5.41) is 2.23. The van der Waals surface area contributed by atoms with E-state index in [1.807, 2.05) is 48.5 Å². The molecule has 0 fully saturated rings. The highest BCUT2D eigenvalue weighted by atomic mass is 16.3. The highest BCUT2D eigenvalue weighted by molar-refractivity contribution is 6.07. The van der Waals surface area contributed by atoms with Crippen LogP contribution in [0.2, 0.25) is 0 Å². The number of rotatable bonds is 5. The molecule has 0 spiro atoms. The lowest BCUT2D eigenvalue weighted by Crippen LogP contribution is -1.98. The Bertz CT molecular complexity index is 2160. The van der Waals surface area contributed by atoms with Crippen LogP contribution in [0.1, 0.15) is 0 Å². The molecule has 0 amide bonds. The van der Waals surface area contributed by atoms with Crippen molar-refractivity contribution in [2.45, 2.75) is 0 Å². The molecular formula is C40H26N2O. The highest BCUT2D eigenvalue weighted by Gasteiger charge is 2.18. The molecule has 0 unspecified atom stereocenters. The van der Waals surface area contributed by atoms with Crippen molar-refractivity contribution in [3.63, 3.8) is 0 Å². The van der Waals surface area contributed by atoms with E-state index < -0.39 is 0 Å². The van der Waals surface area contributed by atoms with Crippen LogP contribution in [0.5, 0.6) is 0 Å². The average Bonchev–Trinajstić information content (AvgIpc) is 3.47. The molecule has 0 aliphatic rings. The lowest BCUT2D eigenvalue weighted by atomic mass is 9.88. The quantitative estimate of drug-likeness (QED) is 0.214. The summed E-state index contributed by atoms with van der Waals surface area (Å²) in [4.78, 5) is 10.2. The minimum Gasteiger partial charge on any atom is -0.456 e. The molecular weight excluding hydrogens is 524 g/mol. The molecule has 0 saturated heterocycles. The first kappa shape index (κ1) is 25.0. The van der Waals surface area contributed by atoms with E-state index in [1.165, 1.54) is 0 Å². The number of nitrogens with zero attached hydrogens (tertiary/aromatic N) is 2. The molecule has 0 aliphatic carbocycles. The molecule has 2 aromatic heterocycles. The lowest BCUT2D eigenvalue weighted by molar-refractivity contribution is 0.669. The van der Waals surface area contributed by atoms with E-state index in [0.717, 1.165) is 72.3 Å². The van der Waals surface area contributed by atoms with Crippen molar-refractivity contribution < 1.29 is 4.42 Å². The van der Waals surface area contributed by atoms with Gasteiger partial charge in [0.1, 0.15) is 11.2 Å². The molecule has 0 saturated carbocycles. The number of aromatic nitrogens is 2. The van der Waals surface area contributed by atoms with E-state index in [9.17, 15) is 0 Å². The number of para-hydroxylation sites is 1. The Morgan fingerprint density at radius 2 is 0.977 bits per heavy atom. The zero-order valence-corrected chi connectivity index (χ0v) is 23.3. The zero-order chi connectivity index (χ0) is 28.6. The van der Waals surface area contributed by atoms with Gasteiger partial charge in [-0.05, 0) is 46.5 Å². The van der Waals surface area contributed by atoms with Crippen molar-refractivity contribution in [3.05, 3.63) is 158 Å². The second kappa shape index (κ2) is 10.6. The van der Waals surface area contributed by atoms with Crippen LogP contribution in [0.15, 0.2) is 162 Å². The largest absolute Gasteiger partial charge is 0.456 e. The Kier molecular flexibility index (Phi) is 6.12. The second-order valence-corrected chi connectivity index (χ2v) is 10.6. The van der Waals surface area contributed by atoms with Crippen LogP contribution in [-0.2, 0) is 0 Å². The Morgan fingerprint density at radius 3 is 1.74 bits per heavy atom. The van der Waals surface area contributed by atoms with Crippen LogP contribution in [0.25, 0.3) is 78.1 Å². The molecule has 0 bridgehead atoms. The number of benzene rings is 6. The molecule has 2 heterocycles. The minimum absolute atomic E-state index is 0.702. The van der Waals surface area contributed by atoms with Crippen molar-refractivity contribution >= 4 is 21.9 Å². The first-order valence-corrected chi connectivity index (χ1v) is 14.4. The van der Waals surface area contributed by atoms with Crippen molar-refractivity contribution in [3.8, 4) is 56.2 Å². The third-order valence-electron chi connectivity index (χ3n) is 7.92. The van der Waals surface area contributed by atoms with E-state index in [2.05, 4.69) is 109 Å². The summed E-state index contributed by atoms with van der Waals surface area (Å²) < 4.78 is 6.14. The molecule has 202 valence electrons. The molecule has 3 nitrogen and oxygen atoms in total. The van der Waals surface area contributed by atoms with Crippen molar-refractivity contribution in [2.24, 2.45) is 0 Å². The van der Waals surface area contributed by atoms with Gasteiger partial charge in [-0.2, -0.15) is 0 Å². The van der Waals surface area contributed by atoms with Gasteiger partial charge < -0.3 is 4.42 Å². The van der Waals surface area contributed by atoms with Crippen LogP contribution in [0, 0.1) is 0 Å². The third kappa shape index (κ3) is 4.58. The van der Waals surface area contributed by atoms with E-state index in [-0.39, 0.29) is 0 Å². The Balaban J connectivity index is 1.39.